The lowest BCUT2D eigenvalue weighted by molar-refractivity contribution is 0.0851. The minimum absolute atomic E-state index is 0.422. The third kappa shape index (κ3) is 1.59. The average molecular weight is 220 g/mol. The van der Waals surface area contributed by atoms with Gasteiger partial charge < -0.3 is 10.2 Å². The Hall–Kier alpha value is -0.800. The Morgan fingerprint density at radius 1 is 1.38 bits per heavy atom. The highest BCUT2D eigenvalue weighted by atomic mass is 16.3. The normalized spacial score (nSPS) is 36.5. The highest BCUT2D eigenvalue weighted by molar-refractivity contribution is 5.13. The molecule has 2 saturated heterocycles. The summed E-state index contributed by atoms with van der Waals surface area (Å²) in [5.74, 6) is 0. The van der Waals surface area contributed by atoms with Crippen LogP contribution in [0.25, 0.3) is 0 Å². The first-order valence-electron chi connectivity index (χ1n) is 6.31. The molecule has 3 heterocycles. The van der Waals surface area contributed by atoms with Gasteiger partial charge in [-0.25, -0.2) is 0 Å². The van der Waals surface area contributed by atoms with Crippen LogP contribution in [-0.2, 0) is 0 Å². The van der Waals surface area contributed by atoms with Gasteiger partial charge in [-0.05, 0) is 38.7 Å². The number of hydrogen-bond donors (Lipinski definition) is 1. The zero-order valence-electron chi connectivity index (χ0n) is 9.80. The van der Waals surface area contributed by atoms with E-state index in [1.807, 2.05) is 6.26 Å². The summed E-state index contributed by atoms with van der Waals surface area (Å²) in [4.78, 5) is 2.66. The molecule has 1 aromatic rings. The summed E-state index contributed by atoms with van der Waals surface area (Å²) in [6.45, 7) is 2.28. The average Bonchev–Trinajstić information content (AvgIpc) is 2.85. The predicted molar refractivity (Wildman–Crippen MR) is 63.0 cm³/mol. The quantitative estimate of drug-likeness (QED) is 0.831. The van der Waals surface area contributed by atoms with Gasteiger partial charge in [0.2, 0.25) is 0 Å². The summed E-state index contributed by atoms with van der Waals surface area (Å²) in [5, 5.41) is 0. The van der Waals surface area contributed by atoms with Crippen molar-refractivity contribution < 1.29 is 4.42 Å². The standard InChI is InChI=1S/C13H20N2O/c1-9(10-4-5-16-8-10)15-12-2-3-13(15)7-11(14)6-12/h4-5,8-9,11-13H,2-3,6-7,14H2,1H3. The Bertz CT molecular complexity index is 335. The van der Waals surface area contributed by atoms with Gasteiger partial charge in [0, 0.05) is 29.7 Å². The van der Waals surface area contributed by atoms with Gasteiger partial charge in [0.15, 0.2) is 0 Å². The smallest absolute Gasteiger partial charge is 0.0950 e. The van der Waals surface area contributed by atoms with Gasteiger partial charge >= 0.3 is 0 Å². The number of hydrogen-bond acceptors (Lipinski definition) is 3. The minimum atomic E-state index is 0.422. The second kappa shape index (κ2) is 3.90. The lowest BCUT2D eigenvalue weighted by Crippen LogP contribution is -2.48. The van der Waals surface area contributed by atoms with Crippen LogP contribution in [0.1, 0.15) is 44.2 Å². The van der Waals surface area contributed by atoms with Gasteiger partial charge in [-0.3, -0.25) is 4.90 Å². The molecule has 3 nitrogen and oxygen atoms in total. The van der Waals surface area contributed by atoms with Crippen molar-refractivity contribution in [3.63, 3.8) is 0 Å². The fourth-order valence-corrected chi connectivity index (χ4v) is 3.57. The van der Waals surface area contributed by atoms with E-state index in [0.717, 1.165) is 0 Å². The van der Waals surface area contributed by atoms with E-state index in [2.05, 4.69) is 17.9 Å². The molecule has 0 amide bonds. The van der Waals surface area contributed by atoms with Crippen LogP contribution in [0.15, 0.2) is 23.0 Å². The topological polar surface area (TPSA) is 42.4 Å². The first kappa shape index (κ1) is 10.4. The zero-order valence-corrected chi connectivity index (χ0v) is 9.80. The molecule has 1 aromatic heterocycles. The third-order valence-electron chi connectivity index (χ3n) is 4.30. The number of rotatable bonds is 2. The van der Waals surface area contributed by atoms with E-state index in [4.69, 9.17) is 10.2 Å². The first-order valence-corrected chi connectivity index (χ1v) is 6.31. The summed E-state index contributed by atoms with van der Waals surface area (Å²) in [5.41, 5.74) is 7.39. The van der Waals surface area contributed by atoms with Crippen LogP contribution >= 0.6 is 0 Å². The van der Waals surface area contributed by atoms with E-state index in [0.29, 0.717) is 24.2 Å². The van der Waals surface area contributed by atoms with Gasteiger partial charge in [-0.1, -0.05) is 0 Å². The fraction of sp³-hybridized carbons (Fsp3) is 0.692. The molecule has 3 heteroatoms. The van der Waals surface area contributed by atoms with Crippen LogP contribution in [-0.4, -0.2) is 23.0 Å². The van der Waals surface area contributed by atoms with Crippen LogP contribution in [0.2, 0.25) is 0 Å². The Morgan fingerprint density at radius 3 is 2.62 bits per heavy atom. The molecule has 2 N–H and O–H groups in total. The van der Waals surface area contributed by atoms with Crippen LogP contribution in [0.3, 0.4) is 0 Å². The van der Waals surface area contributed by atoms with Crippen molar-refractivity contribution in [2.45, 2.75) is 56.8 Å². The van der Waals surface area contributed by atoms with E-state index in [9.17, 15) is 0 Å². The van der Waals surface area contributed by atoms with Gasteiger partial charge in [0.25, 0.3) is 0 Å². The Labute approximate surface area is 96.6 Å². The van der Waals surface area contributed by atoms with Crippen molar-refractivity contribution in [3.05, 3.63) is 24.2 Å². The molecular weight excluding hydrogens is 200 g/mol. The molecule has 0 radical (unpaired) electrons. The highest BCUT2D eigenvalue weighted by Gasteiger charge is 2.42. The van der Waals surface area contributed by atoms with Crippen molar-refractivity contribution >= 4 is 0 Å². The molecule has 2 aliphatic rings. The molecule has 3 rings (SSSR count). The minimum Gasteiger partial charge on any atom is -0.472 e. The molecule has 3 atom stereocenters. The maximum absolute atomic E-state index is 6.09. The van der Waals surface area contributed by atoms with Crippen molar-refractivity contribution in [2.75, 3.05) is 0 Å². The van der Waals surface area contributed by atoms with Crippen molar-refractivity contribution in [1.82, 2.24) is 4.90 Å². The van der Waals surface area contributed by atoms with Gasteiger partial charge in [-0.15, -0.1) is 0 Å². The maximum Gasteiger partial charge on any atom is 0.0950 e. The lowest BCUT2D eigenvalue weighted by Gasteiger charge is -2.41. The molecule has 0 spiro atoms. The van der Waals surface area contributed by atoms with E-state index in [1.165, 1.54) is 31.2 Å². The van der Waals surface area contributed by atoms with Crippen LogP contribution in [0, 0.1) is 0 Å². The van der Waals surface area contributed by atoms with Crippen molar-refractivity contribution in [3.8, 4) is 0 Å². The fourth-order valence-electron chi connectivity index (χ4n) is 3.57. The Morgan fingerprint density at radius 2 is 2.06 bits per heavy atom. The predicted octanol–water partition coefficient (Wildman–Crippen LogP) is 2.29. The molecule has 88 valence electrons. The van der Waals surface area contributed by atoms with Gasteiger partial charge in [0.1, 0.15) is 0 Å². The Balaban J connectivity index is 1.81. The molecule has 0 aliphatic carbocycles. The zero-order chi connectivity index (χ0) is 11.1. The second-order valence-corrected chi connectivity index (χ2v) is 5.30. The van der Waals surface area contributed by atoms with Gasteiger partial charge in [-0.2, -0.15) is 0 Å². The second-order valence-electron chi connectivity index (χ2n) is 5.30. The SMILES string of the molecule is CC(c1ccoc1)N1C2CCC1CC(N)C2. The highest BCUT2D eigenvalue weighted by Crippen LogP contribution is 2.40. The number of fused-ring (bicyclic) bond motifs is 2. The Kier molecular flexibility index (Phi) is 2.52. The van der Waals surface area contributed by atoms with Crippen LogP contribution < -0.4 is 5.73 Å². The molecular formula is C13H20N2O. The number of nitrogens with two attached hydrogens (primary N) is 1. The summed E-state index contributed by atoms with van der Waals surface area (Å²) < 4.78 is 5.19. The monoisotopic (exact) mass is 220 g/mol. The summed E-state index contributed by atoms with van der Waals surface area (Å²) in [6.07, 6.45) is 8.61. The first-order chi connectivity index (χ1) is 7.75. The molecule has 2 fully saturated rings. The van der Waals surface area contributed by atoms with Crippen molar-refractivity contribution in [2.24, 2.45) is 5.73 Å². The molecule has 2 aliphatic heterocycles. The molecule has 3 unspecified atom stereocenters. The number of furan rings is 1. The molecule has 0 aromatic carbocycles. The summed E-state index contributed by atoms with van der Waals surface area (Å²) in [6, 6.07) is 4.37. The van der Waals surface area contributed by atoms with Gasteiger partial charge in [0.05, 0.1) is 12.5 Å². The van der Waals surface area contributed by atoms with Crippen LogP contribution in [0.5, 0.6) is 0 Å². The van der Waals surface area contributed by atoms with E-state index >= 15 is 0 Å². The molecule has 0 saturated carbocycles. The van der Waals surface area contributed by atoms with Crippen LogP contribution in [0.4, 0.5) is 0 Å². The summed E-state index contributed by atoms with van der Waals surface area (Å²) >= 11 is 0. The summed E-state index contributed by atoms with van der Waals surface area (Å²) in [7, 11) is 0. The number of piperidine rings is 1. The largest absolute Gasteiger partial charge is 0.472 e. The maximum atomic E-state index is 6.09. The molecule has 16 heavy (non-hydrogen) atoms. The van der Waals surface area contributed by atoms with Crippen molar-refractivity contribution in [1.29, 1.82) is 0 Å². The van der Waals surface area contributed by atoms with E-state index < -0.39 is 0 Å². The lowest BCUT2D eigenvalue weighted by atomic mass is 9.95. The molecule has 2 bridgehead atoms. The van der Waals surface area contributed by atoms with E-state index in [1.54, 1.807) is 6.26 Å². The third-order valence-corrected chi connectivity index (χ3v) is 4.30. The van der Waals surface area contributed by atoms with E-state index in [-0.39, 0.29) is 0 Å². The number of nitrogens with zero attached hydrogens (tertiary/aromatic N) is 1.